The van der Waals surface area contributed by atoms with Crippen molar-refractivity contribution in [2.45, 2.75) is 44.8 Å². The fraction of sp³-hybridized carbons (Fsp3) is 0.522. The molecule has 0 radical (unpaired) electrons. The van der Waals surface area contributed by atoms with E-state index < -0.39 is 11.6 Å². The van der Waals surface area contributed by atoms with Crippen LogP contribution in [0.1, 0.15) is 36.8 Å². The lowest BCUT2D eigenvalue weighted by molar-refractivity contribution is -0.138. The molecule has 3 N–H and O–H groups in total. The van der Waals surface area contributed by atoms with Crippen molar-refractivity contribution in [2.75, 3.05) is 31.9 Å². The summed E-state index contributed by atoms with van der Waals surface area (Å²) in [6.07, 6.45) is 6.77. The highest BCUT2D eigenvalue weighted by Crippen LogP contribution is 2.23. The van der Waals surface area contributed by atoms with Crippen LogP contribution in [-0.4, -0.2) is 57.9 Å². The maximum Gasteiger partial charge on any atom is 0.225 e. The molecule has 1 aromatic carbocycles. The van der Waals surface area contributed by atoms with E-state index in [1.54, 1.807) is 12.4 Å². The maximum atomic E-state index is 13.8. The Hall–Kier alpha value is -2.65. The van der Waals surface area contributed by atoms with E-state index in [4.69, 9.17) is 5.73 Å². The van der Waals surface area contributed by atoms with Gasteiger partial charge in [-0.25, -0.2) is 18.7 Å². The number of hydrogen-bond acceptors (Lipinski definition) is 6. The van der Waals surface area contributed by atoms with Crippen LogP contribution in [0.25, 0.3) is 0 Å². The lowest BCUT2D eigenvalue weighted by Crippen LogP contribution is -2.48. The molecule has 0 bridgehead atoms. The van der Waals surface area contributed by atoms with Crippen LogP contribution in [0.2, 0.25) is 0 Å². The van der Waals surface area contributed by atoms with Crippen LogP contribution in [0.3, 0.4) is 0 Å². The number of halogens is 2. The highest BCUT2D eigenvalue weighted by Gasteiger charge is 2.31. The number of anilines is 1. The number of carbonyl (C=O) groups excluding carboxylic acids is 1. The van der Waals surface area contributed by atoms with E-state index in [9.17, 15) is 13.6 Å². The molecule has 0 saturated carbocycles. The summed E-state index contributed by atoms with van der Waals surface area (Å²) < 4.78 is 27.6. The Balaban J connectivity index is 1.19. The zero-order chi connectivity index (χ0) is 22.5. The molecule has 1 amide bonds. The molecule has 9 heteroatoms. The first-order chi connectivity index (χ1) is 15.5. The Morgan fingerprint density at radius 1 is 1.03 bits per heavy atom. The minimum Gasteiger partial charge on any atom is -0.368 e. The molecule has 2 fully saturated rings. The van der Waals surface area contributed by atoms with Crippen molar-refractivity contribution >= 4 is 11.9 Å². The van der Waals surface area contributed by atoms with Crippen molar-refractivity contribution in [3.63, 3.8) is 0 Å². The van der Waals surface area contributed by atoms with Crippen LogP contribution >= 0.6 is 0 Å². The summed E-state index contributed by atoms with van der Waals surface area (Å²) in [6.45, 7) is 4.02. The Kier molecular flexibility index (Phi) is 7.26. The number of nitrogens with one attached hydrogen (secondary N) is 1. The summed E-state index contributed by atoms with van der Waals surface area (Å²) >= 11 is 0. The lowest BCUT2D eigenvalue weighted by Gasteiger charge is -2.37. The monoisotopic (exact) mass is 444 g/mol. The van der Waals surface area contributed by atoms with Crippen LogP contribution in [-0.2, 0) is 17.9 Å². The van der Waals surface area contributed by atoms with E-state index >= 15 is 0 Å². The maximum absolute atomic E-state index is 13.8. The number of benzene rings is 1. The normalized spacial score (nSPS) is 18.8. The minimum absolute atomic E-state index is 0.0611. The molecular formula is C23H30F2N6O. The van der Waals surface area contributed by atoms with Crippen molar-refractivity contribution in [1.82, 2.24) is 25.1 Å². The predicted octanol–water partition coefficient (Wildman–Crippen LogP) is 2.33. The third-order valence-electron chi connectivity index (χ3n) is 6.50. The fourth-order valence-electron chi connectivity index (χ4n) is 4.55. The smallest absolute Gasteiger partial charge is 0.225 e. The number of carbonyl (C=O) groups is 1. The van der Waals surface area contributed by atoms with Gasteiger partial charge in [0.25, 0.3) is 0 Å². The highest BCUT2D eigenvalue weighted by molar-refractivity contribution is 5.79. The molecule has 172 valence electrons. The van der Waals surface area contributed by atoms with Gasteiger partial charge in [0.1, 0.15) is 11.6 Å². The molecule has 2 aliphatic rings. The first kappa shape index (κ1) is 22.5. The molecule has 7 nitrogen and oxygen atoms in total. The van der Waals surface area contributed by atoms with Gasteiger partial charge in [0.05, 0.1) is 0 Å². The van der Waals surface area contributed by atoms with Crippen LogP contribution in [0.4, 0.5) is 14.7 Å². The summed E-state index contributed by atoms with van der Waals surface area (Å²) in [6, 6.07) is 4.07. The van der Waals surface area contributed by atoms with Crippen molar-refractivity contribution in [2.24, 2.45) is 5.92 Å². The number of rotatable bonds is 6. The van der Waals surface area contributed by atoms with Gasteiger partial charge in [0, 0.05) is 61.7 Å². The van der Waals surface area contributed by atoms with Gasteiger partial charge in [-0.2, -0.15) is 0 Å². The van der Waals surface area contributed by atoms with Crippen LogP contribution in [0.5, 0.6) is 0 Å². The highest BCUT2D eigenvalue weighted by atomic mass is 19.1. The fourth-order valence-corrected chi connectivity index (χ4v) is 4.55. The summed E-state index contributed by atoms with van der Waals surface area (Å²) in [5.41, 5.74) is 6.63. The minimum atomic E-state index is -0.527. The Morgan fingerprint density at radius 3 is 2.28 bits per heavy atom. The third-order valence-corrected chi connectivity index (χ3v) is 6.50. The topological polar surface area (TPSA) is 87.4 Å². The molecule has 0 spiro atoms. The lowest BCUT2D eigenvalue weighted by atomic mass is 9.93. The van der Waals surface area contributed by atoms with Crippen molar-refractivity contribution in [3.8, 4) is 0 Å². The molecule has 3 heterocycles. The Labute approximate surface area is 187 Å². The summed E-state index contributed by atoms with van der Waals surface area (Å²) in [4.78, 5) is 25.3. The number of aromatic nitrogens is 2. The van der Waals surface area contributed by atoms with Crippen molar-refractivity contribution in [3.05, 3.63) is 53.4 Å². The molecule has 2 aromatic rings. The van der Waals surface area contributed by atoms with Gasteiger partial charge in [-0.15, -0.1) is 0 Å². The second-order valence-electron chi connectivity index (χ2n) is 8.68. The molecule has 1 aromatic heterocycles. The molecular weight excluding hydrogens is 414 g/mol. The second-order valence-corrected chi connectivity index (χ2v) is 8.68. The SMILES string of the molecule is Nc1ncc(CN2CCC(C(=O)N3CCC(NCc4c(F)cccc4F)CC3)CC2)cn1. The predicted molar refractivity (Wildman–Crippen MR) is 117 cm³/mol. The van der Waals surface area contributed by atoms with Gasteiger partial charge in [0.15, 0.2) is 0 Å². The average Bonchev–Trinajstić information content (AvgIpc) is 2.81. The number of amides is 1. The quantitative estimate of drug-likeness (QED) is 0.711. The van der Waals surface area contributed by atoms with Gasteiger partial charge in [0.2, 0.25) is 11.9 Å². The number of nitrogen functional groups attached to an aromatic ring is 1. The molecule has 2 aliphatic heterocycles. The van der Waals surface area contributed by atoms with Gasteiger partial charge in [-0.1, -0.05) is 6.07 Å². The van der Waals surface area contributed by atoms with E-state index in [0.29, 0.717) is 13.1 Å². The van der Waals surface area contributed by atoms with Crippen molar-refractivity contribution in [1.29, 1.82) is 0 Å². The largest absolute Gasteiger partial charge is 0.368 e. The van der Waals surface area contributed by atoms with E-state index in [2.05, 4.69) is 20.2 Å². The summed E-state index contributed by atoms with van der Waals surface area (Å²) in [7, 11) is 0. The van der Waals surface area contributed by atoms with Gasteiger partial charge in [-0.3, -0.25) is 9.69 Å². The molecule has 0 atom stereocenters. The van der Waals surface area contributed by atoms with E-state index in [0.717, 1.165) is 50.9 Å². The number of hydrogen-bond donors (Lipinski definition) is 2. The Bertz CT molecular complexity index is 889. The molecule has 0 aliphatic carbocycles. The summed E-state index contributed by atoms with van der Waals surface area (Å²) in [5.74, 6) is -0.484. The van der Waals surface area contributed by atoms with Gasteiger partial charge >= 0.3 is 0 Å². The van der Waals surface area contributed by atoms with E-state index in [-0.39, 0.29) is 35.9 Å². The molecule has 4 rings (SSSR count). The molecule has 32 heavy (non-hydrogen) atoms. The van der Waals surface area contributed by atoms with Crippen LogP contribution < -0.4 is 11.1 Å². The van der Waals surface area contributed by atoms with E-state index in [1.165, 1.54) is 18.2 Å². The molecule has 0 unspecified atom stereocenters. The number of likely N-dealkylation sites (tertiary alicyclic amines) is 2. The van der Waals surface area contributed by atoms with Crippen LogP contribution in [0.15, 0.2) is 30.6 Å². The first-order valence-corrected chi connectivity index (χ1v) is 11.2. The van der Waals surface area contributed by atoms with Gasteiger partial charge in [-0.05, 0) is 50.9 Å². The number of nitrogens with two attached hydrogens (primary N) is 1. The standard InChI is InChI=1S/C23H30F2N6O/c24-20-2-1-3-21(25)19(20)14-27-18-6-10-31(11-7-18)22(32)17-4-8-30(9-5-17)15-16-12-28-23(26)29-13-16/h1-3,12-13,17-18,27H,4-11,14-15H2,(H2,26,28,29). The number of nitrogens with zero attached hydrogens (tertiary/aromatic N) is 4. The van der Waals surface area contributed by atoms with Crippen molar-refractivity contribution < 1.29 is 13.6 Å². The zero-order valence-corrected chi connectivity index (χ0v) is 18.1. The Morgan fingerprint density at radius 2 is 1.66 bits per heavy atom. The van der Waals surface area contributed by atoms with Gasteiger partial charge < -0.3 is 16.0 Å². The average molecular weight is 445 g/mol. The second kappa shape index (κ2) is 10.3. The summed E-state index contributed by atoms with van der Waals surface area (Å²) in [5, 5.41) is 3.25. The molecule has 2 saturated heterocycles. The zero-order valence-electron chi connectivity index (χ0n) is 18.1. The van der Waals surface area contributed by atoms with E-state index in [1.807, 2.05) is 4.90 Å². The third kappa shape index (κ3) is 5.58. The van der Waals surface area contributed by atoms with Crippen LogP contribution in [0, 0.1) is 17.6 Å². The number of piperidine rings is 2. The first-order valence-electron chi connectivity index (χ1n) is 11.2.